The van der Waals surface area contributed by atoms with E-state index in [1.807, 2.05) is 49.4 Å². The minimum absolute atomic E-state index is 0.408. The number of carbonyl (C=O) groups excluding carboxylic acids is 1. The van der Waals surface area contributed by atoms with Gasteiger partial charge in [0.2, 0.25) is 5.88 Å². The van der Waals surface area contributed by atoms with E-state index in [2.05, 4.69) is 4.98 Å². The van der Waals surface area contributed by atoms with Crippen LogP contribution in [0.25, 0.3) is 11.1 Å². The Balaban J connectivity index is 2.03. The van der Waals surface area contributed by atoms with Crippen molar-refractivity contribution < 1.29 is 14.3 Å². The normalized spacial score (nSPS) is 10.2. The highest BCUT2D eigenvalue weighted by Gasteiger charge is 2.11. The van der Waals surface area contributed by atoms with E-state index in [4.69, 9.17) is 9.47 Å². The summed E-state index contributed by atoms with van der Waals surface area (Å²) >= 11 is 0. The molecule has 0 aliphatic heterocycles. The molecule has 3 aromatic rings. The Kier molecular flexibility index (Phi) is 4.57. The monoisotopic (exact) mass is 319 g/mol. The van der Waals surface area contributed by atoms with Gasteiger partial charge in [-0.15, -0.1) is 0 Å². The number of hydrogen-bond donors (Lipinski definition) is 0. The summed E-state index contributed by atoms with van der Waals surface area (Å²) in [5.74, 6) is 0.594. The summed E-state index contributed by atoms with van der Waals surface area (Å²) in [6.45, 7) is 2.03. The number of aromatic nitrogens is 1. The Morgan fingerprint density at radius 2 is 1.75 bits per heavy atom. The van der Waals surface area contributed by atoms with E-state index in [1.54, 1.807) is 24.4 Å². The van der Waals surface area contributed by atoms with Crippen LogP contribution in [0.1, 0.15) is 15.9 Å². The van der Waals surface area contributed by atoms with Crippen LogP contribution in [0.2, 0.25) is 0 Å². The maximum Gasteiger partial charge on any atom is 0.338 e. The van der Waals surface area contributed by atoms with Crippen LogP contribution in [0.15, 0.2) is 66.9 Å². The van der Waals surface area contributed by atoms with Crippen LogP contribution in [0.3, 0.4) is 0 Å². The van der Waals surface area contributed by atoms with Crippen molar-refractivity contribution in [2.75, 3.05) is 7.11 Å². The van der Waals surface area contributed by atoms with Crippen molar-refractivity contribution in [2.24, 2.45) is 0 Å². The third-order valence-electron chi connectivity index (χ3n) is 3.57. The Hall–Kier alpha value is -3.14. The van der Waals surface area contributed by atoms with Gasteiger partial charge < -0.3 is 9.47 Å². The molecule has 0 aliphatic carbocycles. The molecule has 0 bridgehead atoms. The lowest BCUT2D eigenvalue weighted by Crippen LogP contribution is -2.02. The molecule has 0 aliphatic rings. The van der Waals surface area contributed by atoms with Crippen molar-refractivity contribution in [1.29, 1.82) is 0 Å². The highest BCUT2D eigenvalue weighted by molar-refractivity contribution is 5.91. The zero-order chi connectivity index (χ0) is 16.9. The lowest BCUT2D eigenvalue weighted by Gasteiger charge is -2.10. The molecule has 0 radical (unpaired) electrons. The lowest BCUT2D eigenvalue weighted by atomic mass is 10.0. The zero-order valence-corrected chi connectivity index (χ0v) is 13.5. The molecule has 0 unspecified atom stereocenters. The Labute approximate surface area is 140 Å². The van der Waals surface area contributed by atoms with Crippen LogP contribution in [0.5, 0.6) is 11.6 Å². The molecule has 1 aromatic heterocycles. The van der Waals surface area contributed by atoms with Gasteiger partial charge in [-0.3, -0.25) is 0 Å². The number of rotatable bonds is 4. The van der Waals surface area contributed by atoms with Crippen LogP contribution in [0.4, 0.5) is 0 Å². The van der Waals surface area contributed by atoms with Crippen molar-refractivity contribution in [3.05, 3.63) is 78.0 Å². The fourth-order valence-corrected chi connectivity index (χ4v) is 2.33. The minimum Gasteiger partial charge on any atom is -0.465 e. The lowest BCUT2D eigenvalue weighted by molar-refractivity contribution is 0.0600. The molecular weight excluding hydrogens is 302 g/mol. The summed E-state index contributed by atoms with van der Waals surface area (Å²) in [6.07, 6.45) is 1.65. The summed E-state index contributed by atoms with van der Waals surface area (Å²) in [4.78, 5) is 16.1. The average Bonchev–Trinajstić information content (AvgIpc) is 2.62. The molecule has 0 N–H and O–H groups in total. The van der Waals surface area contributed by atoms with Crippen molar-refractivity contribution in [1.82, 2.24) is 4.98 Å². The third kappa shape index (κ3) is 3.60. The van der Waals surface area contributed by atoms with E-state index >= 15 is 0 Å². The van der Waals surface area contributed by atoms with Gasteiger partial charge in [-0.2, -0.15) is 0 Å². The molecule has 0 fully saturated rings. The molecule has 2 aromatic carbocycles. The molecule has 4 heteroatoms. The summed E-state index contributed by atoms with van der Waals surface area (Å²) in [6, 6.07) is 18.8. The van der Waals surface area contributed by atoms with Crippen LogP contribution >= 0.6 is 0 Å². The predicted octanol–water partition coefficient (Wildman–Crippen LogP) is 4.64. The number of hydrogen-bond acceptors (Lipinski definition) is 4. The van der Waals surface area contributed by atoms with Crippen molar-refractivity contribution >= 4 is 5.97 Å². The van der Waals surface area contributed by atoms with E-state index in [9.17, 15) is 4.79 Å². The quantitative estimate of drug-likeness (QED) is 0.658. The molecule has 0 saturated carbocycles. The first-order valence-corrected chi connectivity index (χ1v) is 7.55. The van der Waals surface area contributed by atoms with E-state index in [-0.39, 0.29) is 0 Å². The number of pyridine rings is 1. The Morgan fingerprint density at radius 3 is 2.42 bits per heavy atom. The summed E-state index contributed by atoms with van der Waals surface area (Å²) in [5, 5.41) is 0. The third-order valence-corrected chi connectivity index (χ3v) is 3.57. The number of methoxy groups -OCH3 is 1. The Morgan fingerprint density at radius 1 is 0.958 bits per heavy atom. The molecular formula is C20H17NO3. The second-order valence-electron chi connectivity index (χ2n) is 5.37. The maximum absolute atomic E-state index is 12.0. The van der Waals surface area contributed by atoms with Crippen LogP contribution in [0, 0.1) is 6.92 Å². The molecule has 0 amide bonds. The molecule has 0 spiro atoms. The predicted molar refractivity (Wildman–Crippen MR) is 92.3 cm³/mol. The summed E-state index contributed by atoms with van der Waals surface area (Å²) in [7, 11) is 1.36. The number of nitrogens with zero attached hydrogens (tertiary/aromatic N) is 1. The van der Waals surface area contributed by atoms with Gasteiger partial charge in [0.1, 0.15) is 5.75 Å². The van der Waals surface area contributed by atoms with E-state index in [0.717, 1.165) is 11.1 Å². The van der Waals surface area contributed by atoms with Gasteiger partial charge in [0, 0.05) is 12.3 Å². The molecule has 120 valence electrons. The van der Waals surface area contributed by atoms with E-state index in [1.165, 1.54) is 12.7 Å². The van der Waals surface area contributed by atoms with Crippen LogP contribution < -0.4 is 4.74 Å². The van der Waals surface area contributed by atoms with Crippen LogP contribution in [-0.2, 0) is 4.74 Å². The van der Waals surface area contributed by atoms with Gasteiger partial charge in [0.05, 0.1) is 12.7 Å². The maximum atomic E-state index is 12.0. The van der Waals surface area contributed by atoms with Crippen molar-refractivity contribution in [3.63, 3.8) is 0 Å². The summed E-state index contributed by atoms with van der Waals surface area (Å²) in [5.41, 5.74) is 3.48. The highest BCUT2D eigenvalue weighted by Crippen LogP contribution is 2.29. The second-order valence-corrected chi connectivity index (χ2v) is 5.37. The number of ether oxygens (including phenoxy) is 2. The van der Waals surface area contributed by atoms with Crippen LogP contribution in [-0.4, -0.2) is 18.1 Å². The largest absolute Gasteiger partial charge is 0.465 e. The number of benzene rings is 2. The SMILES string of the molecule is COC(=O)c1cc(Oc2ccccn2)cc(-c2ccc(C)cc2)c1. The molecule has 1 heterocycles. The van der Waals surface area contributed by atoms with Gasteiger partial charge in [-0.25, -0.2) is 9.78 Å². The minimum atomic E-state index is -0.408. The Bertz CT molecular complexity index is 843. The van der Waals surface area contributed by atoms with Crippen molar-refractivity contribution in [2.45, 2.75) is 6.92 Å². The fourth-order valence-electron chi connectivity index (χ4n) is 2.33. The van der Waals surface area contributed by atoms with Gasteiger partial charge >= 0.3 is 5.97 Å². The van der Waals surface area contributed by atoms with E-state index < -0.39 is 5.97 Å². The molecule has 3 rings (SSSR count). The van der Waals surface area contributed by atoms with Gasteiger partial charge in [0.25, 0.3) is 0 Å². The summed E-state index contributed by atoms with van der Waals surface area (Å²) < 4.78 is 10.6. The van der Waals surface area contributed by atoms with Gasteiger partial charge in [-0.05, 0) is 42.3 Å². The highest BCUT2D eigenvalue weighted by atomic mass is 16.5. The van der Waals surface area contributed by atoms with Crippen molar-refractivity contribution in [3.8, 4) is 22.8 Å². The first kappa shape index (κ1) is 15.7. The molecule has 4 nitrogen and oxygen atoms in total. The topological polar surface area (TPSA) is 48.4 Å². The fraction of sp³-hybridized carbons (Fsp3) is 0.100. The van der Waals surface area contributed by atoms with Gasteiger partial charge in [-0.1, -0.05) is 35.9 Å². The second kappa shape index (κ2) is 6.96. The van der Waals surface area contributed by atoms with E-state index in [0.29, 0.717) is 17.2 Å². The zero-order valence-electron chi connectivity index (χ0n) is 13.5. The number of aryl methyl sites for hydroxylation is 1. The standard InChI is InChI=1S/C20H17NO3/c1-14-6-8-15(9-7-14)16-11-17(20(22)23-2)13-18(12-16)24-19-5-3-4-10-21-19/h3-13H,1-2H3. The van der Waals surface area contributed by atoms with Gasteiger partial charge in [0.15, 0.2) is 0 Å². The first-order valence-electron chi connectivity index (χ1n) is 7.55. The molecule has 0 saturated heterocycles. The smallest absolute Gasteiger partial charge is 0.338 e. The molecule has 24 heavy (non-hydrogen) atoms. The average molecular weight is 319 g/mol. The number of carbonyl (C=O) groups is 1. The number of esters is 1. The molecule has 0 atom stereocenters. The first-order chi connectivity index (χ1) is 11.7.